The van der Waals surface area contributed by atoms with Crippen molar-refractivity contribution in [3.63, 3.8) is 0 Å². The summed E-state index contributed by atoms with van der Waals surface area (Å²) in [6.45, 7) is 2.51. The molecular weight excluding hydrogens is 803 g/mol. The van der Waals surface area contributed by atoms with Crippen LogP contribution in [0.5, 0.6) is 0 Å². The van der Waals surface area contributed by atoms with Crippen molar-refractivity contribution in [1.82, 2.24) is 5.32 Å². The van der Waals surface area contributed by atoms with Crippen LogP contribution in [0.4, 0.5) is 17.6 Å². The van der Waals surface area contributed by atoms with E-state index in [0.29, 0.717) is 25.7 Å². The summed E-state index contributed by atoms with van der Waals surface area (Å²) in [5.41, 5.74) is 0. The molecule has 5 N–H and O–H groups in total. The molecule has 1 aliphatic rings. The number of carbonyl (C=O) groups is 1. The minimum absolute atomic E-state index is 0.104. The number of unbranched alkanes of at least 4 members (excludes halogenated alkanes) is 33. The Bertz CT molecular complexity index is 1030. The summed E-state index contributed by atoms with van der Waals surface area (Å²) in [5.74, 6) is -9.98. The molecule has 6 atom stereocenters. The van der Waals surface area contributed by atoms with Crippen molar-refractivity contribution in [1.29, 1.82) is 0 Å². The van der Waals surface area contributed by atoms with Crippen LogP contribution in [0, 0.1) is 0 Å². The Kier molecular flexibility index (Phi) is 36.2. The van der Waals surface area contributed by atoms with E-state index in [2.05, 4.69) is 19.2 Å². The van der Waals surface area contributed by atoms with Crippen molar-refractivity contribution >= 4 is 5.91 Å². The lowest BCUT2D eigenvalue weighted by Gasteiger charge is -2.40. The number of alkyl halides is 4. The first-order chi connectivity index (χ1) is 29.9. The molecule has 0 aromatic carbocycles. The molecule has 62 heavy (non-hydrogen) atoms. The van der Waals surface area contributed by atoms with Crippen LogP contribution in [0.2, 0.25) is 0 Å². The quantitative estimate of drug-likeness (QED) is 0.0304. The van der Waals surface area contributed by atoms with Crippen LogP contribution < -0.4 is 5.32 Å². The first-order valence-electron chi connectivity index (χ1n) is 25.9. The van der Waals surface area contributed by atoms with Gasteiger partial charge in [-0.2, -0.15) is 17.6 Å². The Balaban J connectivity index is 2.38. The third-order valence-electron chi connectivity index (χ3n) is 12.9. The molecule has 1 saturated heterocycles. The maximum atomic E-state index is 15.7. The fourth-order valence-corrected chi connectivity index (χ4v) is 8.58. The van der Waals surface area contributed by atoms with E-state index in [4.69, 9.17) is 9.47 Å². The smallest absolute Gasteiger partial charge is 0.332 e. The number of hydrogen-bond donors (Lipinski definition) is 5. The van der Waals surface area contributed by atoms with Gasteiger partial charge in [-0.05, 0) is 12.8 Å². The van der Waals surface area contributed by atoms with Crippen molar-refractivity contribution in [3.8, 4) is 0 Å². The first kappa shape index (κ1) is 59.0. The van der Waals surface area contributed by atoms with E-state index in [0.717, 1.165) is 51.4 Å². The van der Waals surface area contributed by atoms with Gasteiger partial charge in [0.15, 0.2) is 6.29 Å². The van der Waals surface area contributed by atoms with Gasteiger partial charge >= 0.3 is 11.8 Å². The van der Waals surface area contributed by atoms with Gasteiger partial charge < -0.3 is 35.2 Å². The number of rotatable bonds is 44. The van der Waals surface area contributed by atoms with Gasteiger partial charge in [0.1, 0.15) is 30.5 Å². The zero-order valence-corrected chi connectivity index (χ0v) is 39.6. The van der Waals surface area contributed by atoms with Gasteiger partial charge in [-0.1, -0.05) is 226 Å². The van der Waals surface area contributed by atoms with E-state index >= 15 is 17.6 Å². The van der Waals surface area contributed by atoms with E-state index in [1.54, 1.807) is 0 Å². The maximum Gasteiger partial charge on any atom is 0.332 e. The van der Waals surface area contributed by atoms with Gasteiger partial charge in [-0.25, -0.2) is 0 Å². The van der Waals surface area contributed by atoms with E-state index < -0.39 is 74.1 Å². The standard InChI is InChI=1S/C50H95F4NO7/c1-3-5-7-9-11-13-15-17-18-19-20-21-22-23-24-25-26-27-28-30-32-34-36-38-44(57)55-43(41-61-48-47(60)46(59)45(58)42(40-56)62-48)50(53,54)49(51,52)39-37-35-33-31-29-16-14-12-10-8-6-4-2/h42-43,45-48,56,58-60H,3-41H2,1-2H3,(H,55,57)/t42-,43+,45+,46+,47-,48+/m1/s1. The SMILES string of the molecule is CCCCCCCCCCCCCCCCCCCCCCCCCC(=O)N[C@@H](CO[C@H]1O[C@H](CO)[C@H](O)[C@H](O)[C@H]1O)C(F)(F)C(F)(F)CCCCCCCCCCCCCC. The van der Waals surface area contributed by atoms with Gasteiger partial charge in [0.2, 0.25) is 5.91 Å². The monoisotopic (exact) mass is 898 g/mol. The maximum absolute atomic E-state index is 15.7. The number of amides is 1. The third kappa shape index (κ3) is 27.4. The summed E-state index contributed by atoms with van der Waals surface area (Å²) in [4.78, 5) is 12.9. The fourth-order valence-electron chi connectivity index (χ4n) is 8.58. The zero-order chi connectivity index (χ0) is 45.7. The lowest BCUT2D eigenvalue weighted by Crippen LogP contribution is -2.62. The Morgan fingerprint density at radius 2 is 0.871 bits per heavy atom. The van der Waals surface area contributed by atoms with E-state index in [1.165, 1.54) is 141 Å². The number of aliphatic hydroxyl groups is 4. The molecule has 1 fully saturated rings. The number of ether oxygens (including phenoxy) is 2. The highest BCUT2D eigenvalue weighted by molar-refractivity contribution is 5.76. The largest absolute Gasteiger partial charge is 0.394 e. The zero-order valence-electron chi connectivity index (χ0n) is 39.6. The van der Waals surface area contributed by atoms with Crippen LogP contribution in [0.25, 0.3) is 0 Å². The number of halogens is 4. The Morgan fingerprint density at radius 1 is 0.532 bits per heavy atom. The second-order valence-corrected chi connectivity index (χ2v) is 18.6. The highest BCUT2D eigenvalue weighted by Crippen LogP contribution is 2.41. The molecule has 0 spiro atoms. The highest BCUT2D eigenvalue weighted by atomic mass is 19.3. The second kappa shape index (κ2) is 38.1. The van der Waals surface area contributed by atoms with Crippen LogP contribution >= 0.6 is 0 Å². The normalized spacial score (nSPS) is 20.2. The first-order valence-corrected chi connectivity index (χ1v) is 25.9. The average Bonchev–Trinajstić information content (AvgIpc) is 3.25. The van der Waals surface area contributed by atoms with Gasteiger partial charge in [-0.15, -0.1) is 0 Å². The molecule has 1 rings (SSSR count). The second-order valence-electron chi connectivity index (χ2n) is 18.6. The molecule has 0 aromatic heterocycles. The van der Waals surface area contributed by atoms with E-state index in [9.17, 15) is 25.2 Å². The molecule has 0 aliphatic carbocycles. The summed E-state index contributed by atoms with van der Waals surface area (Å²) < 4.78 is 72.5. The van der Waals surface area contributed by atoms with Crippen molar-refractivity contribution in [3.05, 3.63) is 0 Å². The average molecular weight is 898 g/mol. The van der Waals surface area contributed by atoms with Crippen molar-refractivity contribution in [2.45, 2.75) is 300 Å². The van der Waals surface area contributed by atoms with Gasteiger partial charge in [0.05, 0.1) is 13.2 Å². The highest BCUT2D eigenvalue weighted by Gasteiger charge is 2.61. The number of carbonyl (C=O) groups excluding carboxylic acids is 1. The summed E-state index contributed by atoms with van der Waals surface area (Å²) in [7, 11) is 0. The summed E-state index contributed by atoms with van der Waals surface area (Å²) >= 11 is 0. The summed E-state index contributed by atoms with van der Waals surface area (Å²) in [5, 5.41) is 42.1. The van der Waals surface area contributed by atoms with Crippen LogP contribution in [-0.2, 0) is 14.3 Å². The van der Waals surface area contributed by atoms with E-state index in [-0.39, 0.29) is 12.8 Å². The molecule has 0 saturated carbocycles. The van der Waals surface area contributed by atoms with Crippen LogP contribution in [0.1, 0.15) is 251 Å². The number of nitrogens with one attached hydrogen (secondary N) is 1. The molecule has 12 heteroatoms. The lowest BCUT2D eigenvalue weighted by molar-refractivity contribution is -0.308. The molecule has 8 nitrogen and oxygen atoms in total. The topological polar surface area (TPSA) is 128 Å². The molecule has 1 heterocycles. The third-order valence-corrected chi connectivity index (χ3v) is 12.9. The Morgan fingerprint density at radius 3 is 1.23 bits per heavy atom. The minimum Gasteiger partial charge on any atom is -0.394 e. The molecule has 1 aliphatic heterocycles. The fraction of sp³-hybridized carbons (Fsp3) is 0.980. The Labute approximate surface area is 375 Å². The Hall–Kier alpha value is -1.05. The molecule has 0 bridgehead atoms. The van der Waals surface area contributed by atoms with Gasteiger partial charge in [-0.3, -0.25) is 4.79 Å². The summed E-state index contributed by atoms with van der Waals surface area (Å²) in [6.07, 6.45) is 29.6. The van der Waals surface area contributed by atoms with Crippen molar-refractivity contribution < 1.29 is 52.3 Å². The van der Waals surface area contributed by atoms with Crippen molar-refractivity contribution in [2.24, 2.45) is 0 Å². The van der Waals surface area contributed by atoms with Crippen LogP contribution in [-0.4, -0.2) is 88.1 Å². The summed E-state index contributed by atoms with van der Waals surface area (Å²) in [6, 6.07) is -2.46. The van der Waals surface area contributed by atoms with Crippen LogP contribution in [0.3, 0.4) is 0 Å². The number of aliphatic hydroxyl groups excluding tert-OH is 4. The predicted molar refractivity (Wildman–Crippen MR) is 244 cm³/mol. The van der Waals surface area contributed by atoms with Gasteiger partial charge in [0.25, 0.3) is 0 Å². The molecule has 0 aromatic rings. The predicted octanol–water partition coefficient (Wildman–Crippen LogP) is 13.0. The van der Waals surface area contributed by atoms with Crippen LogP contribution in [0.15, 0.2) is 0 Å². The van der Waals surface area contributed by atoms with E-state index in [1.807, 2.05) is 0 Å². The molecule has 0 unspecified atom stereocenters. The number of hydrogen-bond acceptors (Lipinski definition) is 7. The lowest BCUT2D eigenvalue weighted by atomic mass is 9.96. The molecule has 0 radical (unpaired) electrons. The molecular formula is C50H95F4NO7. The van der Waals surface area contributed by atoms with Gasteiger partial charge in [0, 0.05) is 12.8 Å². The molecule has 370 valence electrons. The van der Waals surface area contributed by atoms with Crippen molar-refractivity contribution in [2.75, 3.05) is 13.2 Å². The molecule has 1 amide bonds. The minimum atomic E-state index is -4.71.